The Labute approximate surface area is 80.4 Å². The van der Waals surface area contributed by atoms with Crippen LogP contribution in [0.15, 0.2) is 24.3 Å². The number of alkyl halides is 1. The molecule has 0 amide bonds. The average Bonchev–Trinajstić information content (AvgIpc) is 2.17. The zero-order chi connectivity index (χ0) is 10.8. The first-order valence-electron chi connectivity index (χ1n) is 3.91. The van der Waals surface area contributed by atoms with Crippen molar-refractivity contribution in [1.82, 2.24) is 0 Å². The molecule has 1 rings (SSSR count). The van der Waals surface area contributed by atoms with Crippen LogP contribution in [-0.2, 0) is 10.5 Å². The van der Waals surface area contributed by atoms with Crippen molar-refractivity contribution in [1.29, 1.82) is 5.26 Å². The molecule has 0 aromatic heterocycles. The van der Waals surface area contributed by atoms with Crippen molar-refractivity contribution in [2.75, 3.05) is 0 Å². The van der Waals surface area contributed by atoms with Gasteiger partial charge in [-0.15, -0.1) is 0 Å². The fraction of sp³-hybridized carbons (Fsp3) is 0.200. The first-order chi connectivity index (χ1) is 6.50. The Kier molecular flexibility index (Phi) is 2.52. The summed E-state index contributed by atoms with van der Waals surface area (Å²) in [7, 11) is 0. The summed E-state index contributed by atoms with van der Waals surface area (Å²) in [6.45, 7) is 1.79. The molecule has 1 aromatic carbocycles. The number of carboxylic acid groups (broad SMARTS) is 1. The number of carboxylic acids is 1. The Bertz CT molecular complexity index is 394. The van der Waals surface area contributed by atoms with E-state index in [1.54, 1.807) is 19.1 Å². The molecule has 0 heterocycles. The van der Waals surface area contributed by atoms with Crippen molar-refractivity contribution in [2.45, 2.75) is 12.6 Å². The van der Waals surface area contributed by atoms with E-state index in [1.165, 1.54) is 12.1 Å². The zero-order valence-electron chi connectivity index (χ0n) is 7.49. The van der Waals surface area contributed by atoms with Crippen molar-refractivity contribution in [3.05, 3.63) is 35.4 Å². The number of aliphatic carboxylic acids is 1. The standard InChI is InChI=1S/C10H8FNO2/c1-7-2-4-8(5-3-7)10(11,6-12)9(13)14/h2-5H,1H3,(H,13,14)/t10-/m0/s1. The number of nitrogens with zero attached hydrogens (tertiary/aromatic N) is 1. The van der Waals surface area contributed by atoms with Gasteiger partial charge in [-0.3, -0.25) is 0 Å². The monoisotopic (exact) mass is 193 g/mol. The first kappa shape index (κ1) is 10.2. The minimum Gasteiger partial charge on any atom is -0.478 e. The van der Waals surface area contributed by atoms with E-state index in [9.17, 15) is 9.18 Å². The van der Waals surface area contributed by atoms with Crippen molar-refractivity contribution >= 4 is 5.97 Å². The molecule has 3 nitrogen and oxygen atoms in total. The van der Waals surface area contributed by atoms with Crippen LogP contribution in [0.4, 0.5) is 4.39 Å². The molecule has 14 heavy (non-hydrogen) atoms. The van der Waals surface area contributed by atoms with Gasteiger partial charge in [0, 0.05) is 5.56 Å². The van der Waals surface area contributed by atoms with Crippen LogP contribution in [0.2, 0.25) is 0 Å². The van der Waals surface area contributed by atoms with Crippen LogP contribution >= 0.6 is 0 Å². The van der Waals surface area contributed by atoms with E-state index in [-0.39, 0.29) is 5.56 Å². The van der Waals surface area contributed by atoms with Crippen molar-refractivity contribution in [3.8, 4) is 6.07 Å². The Morgan fingerprint density at radius 3 is 2.36 bits per heavy atom. The largest absolute Gasteiger partial charge is 0.478 e. The van der Waals surface area contributed by atoms with Gasteiger partial charge in [-0.05, 0) is 6.92 Å². The molecule has 0 spiro atoms. The van der Waals surface area contributed by atoms with E-state index in [0.717, 1.165) is 11.6 Å². The van der Waals surface area contributed by atoms with Gasteiger partial charge in [0.2, 0.25) is 0 Å². The molecular formula is C10H8FNO2. The third-order valence-corrected chi connectivity index (χ3v) is 1.90. The number of hydrogen-bond donors (Lipinski definition) is 1. The number of halogens is 1. The summed E-state index contributed by atoms with van der Waals surface area (Å²) in [5.41, 5.74) is -2.23. The highest BCUT2D eigenvalue weighted by Crippen LogP contribution is 2.25. The molecule has 0 saturated heterocycles. The fourth-order valence-corrected chi connectivity index (χ4v) is 1.02. The van der Waals surface area contributed by atoms with Gasteiger partial charge in [0.05, 0.1) is 0 Å². The maximum absolute atomic E-state index is 13.5. The van der Waals surface area contributed by atoms with Gasteiger partial charge < -0.3 is 5.11 Å². The van der Waals surface area contributed by atoms with Crippen molar-refractivity contribution in [3.63, 3.8) is 0 Å². The third-order valence-electron chi connectivity index (χ3n) is 1.90. The molecule has 0 unspecified atom stereocenters. The lowest BCUT2D eigenvalue weighted by molar-refractivity contribution is -0.147. The molecule has 1 aromatic rings. The summed E-state index contributed by atoms with van der Waals surface area (Å²) in [4.78, 5) is 10.5. The van der Waals surface area contributed by atoms with E-state index in [1.807, 2.05) is 0 Å². The summed E-state index contributed by atoms with van der Waals surface area (Å²) in [5, 5.41) is 17.0. The third kappa shape index (κ3) is 1.57. The van der Waals surface area contributed by atoms with Gasteiger partial charge in [-0.1, -0.05) is 29.8 Å². The number of carbonyl (C=O) groups is 1. The van der Waals surface area contributed by atoms with E-state index >= 15 is 0 Å². The highest BCUT2D eigenvalue weighted by Gasteiger charge is 2.41. The summed E-state index contributed by atoms with van der Waals surface area (Å²) >= 11 is 0. The number of hydrogen-bond acceptors (Lipinski definition) is 2. The molecule has 4 heteroatoms. The van der Waals surface area contributed by atoms with Crippen molar-refractivity contribution in [2.24, 2.45) is 0 Å². The van der Waals surface area contributed by atoms with E-state index in [0.29, 0.717) is 0 Å². The van der Waals surface area contributed by atoms with Crippen LogP contribution in [-0.4, -0.2) is 11.1 Å². The van der Waals surface area contributed by atoms with Crippen LogP contribution in [0.1, 0.15) is 11.1 Å². The Morgan fingerprint density at radius 1 is 1.50 bits per heavy atom. The van der Waals surface area contributed by atoms with Crippen LogP contribution in [0, 0.1) is 18.3 Å². The smallest absolute Gasteiger partial charge is 0.361 e. The summed E-state index contributed by atoms with van der Waals surface area (Å²) in [5.74, 6) is -1.79. The molecule has 0 aliphatic rings. The summed E-state index contributed by atoms with van der Waals surface area (Å²) < 4.78 is 13.5. The number of benzene rings is 1. The number of rotatable bonds is 2. The lowest BCUT2D eigenvalue weighted by Gasteiger charge is -2.12. The first-order valence-corrected chi connectivity index (χ1v) is 3.91. The normalized spacial score (nSPS) is 14.1. The Morgan fingerprint density at radius 2 is 2.00 bits per heavy atom. The van der Waals surface area contributed by atoms with Crippen LogP contribution in [0.25, 0.3) is 0 Å². The van der Waals surface area contributed by atoms with Gasteiger partial charge in [-0.25, -0.2) is 9.18 Å². The van der Waals surface area contributed by atoms with E-state index in [2.05, 4.69) is 0 Å². The molecule has 0 aliphatic carbocycles. The van der Waals surface area contributed by atoms with Crippen LogP contribution in [0.3, 0.4) is 0 Å². The maximum atomic E-state index is 13.5. The minimum atomic E-state index is -2.95. The van der Waals surface area contributed by atoms with Gasteiger partial charge in [-0.2, -0.15) is 5.26 Å². The highest BCUT2D eigenvalue weighted by atomic mass is 19.1. The zero-order valence-corrected chi connectivity index (χ0v) is 7.49. The molecular weight excluding hydrogens is 185 g/mol. The second-order valence-electron chi connectivity index (χ2n) is 2.94. The average molecular weight is 193 g/mol. The maximum Gasteiger partial charge on any atom is 0.361 e. The van der Waals surface area contributed by atoms with E-state index in [4.69, 9.17) is 10.4 Å². The van der Waals surface area contributed by atoms with Crippen LogP contribution in [0.5, 0.6) is 0 Å². The number of nitriles is 1. The Hall–Kier alpha value is -1.89. The second kappa shape index (κ2) is 3.46. The number of aryl methyl sites for hydroxylation is 1. The van der Waals surface area contributed by atoms with Gasteiger partial charge in [0.15, 0.2) is 0 Å². The van der Waals surface area contributed by atoms with Crippen LogP contribution < -0.4 is 0 Å². The molecule has 0 aliphatic heterocycles. The predicted octanol–water partition coefficient (Wildman–Crippen LogP) is 1.77. The Balaban J connectivity index is 3.22. The minimum absolute atomic E-state index is 0.155. The SMILES string of the molecule is Cc1ccc([C@@](F)(C#N)C(=O)O)cc1. The molecule has 0 radical (unpaired) electrons. The van der Waals surface area contributed by atoms with Gasteiger partial charge >= 0.3 is 11.6 Å². The molecule has 1 atom stereocenters. The van der Waals surface area contributed by atoms with Crippen molar-refractivity contribution < 1.29 is 14.3 Å². The lowest BCUT2D eigenvalue weighted by atomic mass is 9.97. The molecule has 0 saturated carbocycles. The van der Waals surface area contributed by atoms with Gasteiger partial charge in [0.1, 0.15) is 6.07 Å². The topological polar surface area (TPSA) is 61.1 Å². The molecule has 0 bridgehead atoms. The van der Waals surface area contributed by atoms with Gasteiger partial charge in [0.25, 0.3) is 0 Å². The summed E-state index contributed by atoms with van der Waals surface area (Å²) in [6, 6.07) is 6.86. The van der Waals surface area contributed by atoms with E-state index < -0.39 is 11.6 Å². The quantitative estimate of drug-likeness (QED) is 0.778. The second-order valence-corrected chi connectivity index (χ2v) is 2.94. The highest BCUT2D eigenvalue weighted by molar-refractivity contribution is 5.82. The summed E-state index contributed by atoms with van der Waals surface area (Å²) in [6.07, 6.45) is 0. The fourth-order valence-electron chi connectivity index (χ4n) is 1.02. The molecule has 72 valence electrons. The lowest BCUT2D eigenvalue weighted by Crippen LogP contribution is -2.28. The molecule has 1 N–H and O–H groups in total. The predicted molar refractivity (Wildman–Crippen MR) is 47.2 cm³/mol. The molecule has 0 fully saturated rings.